The monoisotopic (exact) mass is 268 g/mol. The number of hydrogen-bond acceptors (Lipinski definition) is 0. The molecule has 1 unspecified atom stereocenters. The smallest absolute Gasteiger partial charge is 0.163 e. The van der Waals surface area contributed by atoms with Crippen molar-refractivity contribution in [2.75, 3.05) is 0 Å². The van der Waals surface area contributed by atoms with Crippen LogP contribution >= 0.6 is 10.9 Å². The normalized spacial score (nSPS) is 12.2. The summed E-state index contributed by atoms with van der Waals surface area (Å²) in [5.41, 5.74) is 3.01. The van der Waals surface area contributed by atoms with E-state index in [1.807, 2.05) is 31.2 Å². The van der Waals surface area contributed by atoms with Gasteiger partial charge in [-0.25, -0.2) is 0 Å². The maximum atomic E-state index is 13.1. The van der Waals surface area contributed by atoms with Crippen LogP contribution in [-0.2, 0) is 0 Å². The molecule has 0 nitrogen and oxygen atoms in total. The van der Waals surface area contributed by atoms with Gasteiger partial charge in [-0.1, -0.05) is 36.4 Å². The molecule has 0 saturated carbocycles. The Bertz CT molecular complexity index is 584. The van der Waals surface area contributed by atoms with Gasteiger partial charge in [0, 0.05) is 4.90 Å². The summed E-state index contributed by atoms with van der Waals surface area (Å²) in [5.74, 6) is 0. The molecule has 1 atom stereocenters. The quantitative estimate of drug-likeness (QED) is 0.518. The molecule has 0 aliphatic heterocycles. The minimum absolute atomic E-state index is 0.00679. The van der Waals surface area contributed by atoms with Crippen molar-refractivity contribution in [3.05, 3.63) is 54.1 Å². The minimum atomic E-state index is -2.57. The van der Waals surface area contributed by atoms with Crippen molar-refractivity contribution in [1.29, 1.82) is 0 Å². The number of hydrogen-bond donors (Lipinski definition) is 0. The summed E-state index contributed by atoms with van der Waals surface area (Å²) in [4.78, 5) is 0.00679. The molecular formula is C14H11F3S. The Hall–Kier alpha value is -1.55. The molecule has 0 amide bonds. The summed E-state index contributed by atoms with van der Waals surface area (Å²) in [5, 5.41) is -2.18. The van der Waals surface area contributed by atoms with Gasteiger partial charge in [0.05, 0.1) is 10.9 Å². The Morgan fingerprint density at radius 2 is 1.56 bits per heavy atom. The first kappa shape index (κ1) is 12.9. The highest BCUT2D eigenvalue weighted by atomic mass is 32.2. The molecular weight excluding hydrogens is 257 g/mol. The van der Waals surface area contributed by atoms with E-state index in [4.69, 9.17) is 0 Å². The third kappa shape index (κ3) is 2.64. The summed E-state index contributed by atoms with van der Waals surface area (Å²) in [7, 11) is -2.57. The van der Waals surface area contributed by atoms with Gasteiger partial charge in [-0.15, -0.1) is 0 Å². The fourth-order valence-electron chi connectivity index (χ4n) is 1.74. The van der Waals surface area contributed by atoms with Crippen molar-refractivity contribution < 1.29 is 12.7 Å². The van der Waals surface area contributed by atoms with Crippen molar-refractivity contribution in [3.8, 4) is 11.1 Å². The molecule has 0 fully saturated rings. The van der Waals surface area contributed by atoms with Gasteiger partial charge in [-0.3, -0.25) is 0 Å². The van der Waals surface area contributed by atoms with Gasteiger partial charge in [0.2, 0.25) is 0 Å². The van der Waals surface area contributed by atoms with Gasteiger partial charge >= 0.3 is 5.37 Å². The van der Waals surface area contributed by atoms with Gasteiger partial charge in [0.15, 0.2) is 0 Å². The third-order valence-electron chi connectivity index (χ3n) is 2.65. The summed E-state index contributed by atoms with van der Waals surface area (Å²) in [6, 6.07) is 13.9. The summed E-state index contributed by atoms with van der Waals surface area (Å²) in [6.45, 7) is 1.97. The number of halogens is 3. The lowest BCUT2D eigenvalue weighted by Gasteiger charge is -2.06. The zero-order valence-electron chi connectivity index (χ0n) is 9.66. The average Bonchev–Trinajstić information content (AvgIpc) is 2.38. The minimum Gasteiger partial charge on any atom is -0.163 e. The molecule has 0 radical (unpaired) electrons. The summed E-state index contributed by atoms with van der Waals surface area (Å²) >= 11 is 0. The second-order valence-corrected chi connectivity index (χ2v) is 5.11. The molecule has 0 bridgehead atoms. The van der Waals surface area contributed by atoms with E-state index in [1.165, 1.54) is 12.1 Å². The van der Waals surface area contributed by atoms with E-state index in [-0.39, 0.29) is 4.90 Å². The van der Waals surface area contributed by atoms with Crippen LogP contribution in [0, 0.1) is 6.92 Å². The highest BCUT2D eigenvalue weighted by molar-refractivity contribution is 8.11. The number of rotatable bonds is 2. The highest BCUT2D eigenvalue weighted by Gasteiger charge is 2.07. The van der Waals surface area contributed by atoms with E-state index in [9.17, 15) is 12.7 Å². The lowest BCUT2D eigenvalue weighted by atomic mass is 10.0. The lowest BCUT2D eigenvalue weighted by Crippen LogP contribution is -1.83. The summed E-state index contributed by atoms with van der Waals surface area (Å²) < 4.78 is 37.4. The largest absolute Gasteiger partial charge is 0.328 e. The lowest BCUT2D eigenvalue weighted by molar-refractivity contribution is 0.638. The molecule has 0 aliphatic rings. The molecule has 0 aliphatic carbocycles. The van der Waals surface area contributed by atoms with Crippen LogP contribution in [0.3, 0.4) is 0 Å². The van der Waals surface area contributed by atoms with Crippen LogP contribution in [0.25, 0.3) is 11.1 Å². The van der Waals surface area contributed by atoms with E-state index in [0.29, 0.717) is 0 Å². The van der Waals surface area contributed by atoms with E-state index in [1.54, 1.807) is 12.1 Å². The maximum Gasteiger partial charge on any atom is 0.328 e. The first-order chi connectivity index (χ1) is 8.59. The Morgan fingerprint density at radius 3 is 2.11 bits per heavy atom. The molecule has 2 aromatic carbocycles. The second kappa shape index (κ2) is 5.40. The van der Waals surface area contributed by atoms with Crippen molar-refractivity contribution in [1.82, 2.24) is 0 Å². The molecule has 4 heteroatoms. The number of benzene rings is 2. The van der Waals surface area contributed by atoms with Crippen LogP contribution in [0.5, 0.6) is 0 Å². The van der Waals surface area contributed by atoms with Crippen molar-refractivity contribution >= 4 is 16.2 Å². The van der Waals surface area contributed by atoms with E-state index < -0.39 is 16.2 Å². The molecule has 18 heavy (non-hydrogen) atoms. The van der Waals surface area contributed by atoms with Crippen LogP contribution in [0.15, 0.2) is 53.4 Å². The average molecular weight is 268 g/mol. The first-order valence-corrected chi connectivity index (χ1v) is 6.46. The fourth-order valence-corrected chi connectivity index (χ4v) is 2.29. The van der Waals surface area contributed by atoms with Crippen LogP contribution in [-0.4, -0.2) is 5.37 Å². The van der Waals surface area contributed by atoms with E-state index in [2.05, 4.69) is 0 Å². The standard InChI is InChI=1S/C14H11F3S/c1-10-4-2-3-5-13(10)11-6-8-12(9-7-11)18(17)14(15)16/h2-9H,1H3. The summed E-state index contributed by atoms with van der Waals surface area (Å²) in [6.07, 6.45) is 0. The van der Waals surface area contributed by atoms with Crippen LogP contribution in [0.2, 0.25) is 0 Å². The zero-order valence-corrected chi connectivity index (χ0v) is 10.5. The highest BCUT2D eigenvalue weighted by Crippen LogP contribution is 2.32. The van der Waals surface area contributed by atoms with Crippen molar-refractivity contribution in [2.45, 2.75) is 11.8 Å². The number of aryl methyl sites for hydroxylation is 1. The molecule has 0 N–H and O–H groups in total. The van der Waals surface area contributed by atoms with Gasteiger partial charge in [0.25, 0.3) is 0 Å². The Morgan fingerprint density at radius 1 is 0.944 bits per heavy atom. The SMILES string of the molecule is Cc1ccccc1-c1ccc(S(F)=C(F)F)cc1. The van der Waals surface area contributed by atoms with E-state index in [0.717, 1.165) is 16.7 Å². The molecule has 2 aromatic rings. The Balaban J connectivity index is 2.40. The van der Waals surface area contributed by atoms with Gasteiger partial charge < -0.3 is 0 Å². The first-order valence-electron chi connectivity index (χ1n) is 5.34. The van der Waals surface area contributed by atoms with Gasteiger partial charge in [-0.05, 0) is 35.7 Å². The van der Waals surface area contributed by atoms with Crippen molar-refractivity contribution in [2.24, 2.45) is 0 Å². The molecule has 0 heterocycles. The topological polar surface area (TPSA) is 0 Å². The molecule has 0 spiro atoms. The molecule has 94 valence electrons. The molecule has 2 rings (SSSR count). The third-order valence-corrected chi connectivity index (χ3v) is 3.61. The Kier molecular flexibility index (Phi) is 3.87. The van der Waals surface area contributed by atoms with Gasteiger partial charge in [-0.2, -0.15) is 12.7 Å². The Labute approximate surface area is 106 Å². The molecule has 0 aromatic heterocycles. The van der Waals surface area contributed by atoms with Gasteiger partial charge in [0.1, 0.15) is 0 Å². The van der Waals surface area contributed by atoms with Crippen LogP contribution in [0.4, 0.5) is 12.7 Å². The van der Waals surface area contributed by atoms with E-state index >= 15 is 0 Å². The van der Waals surface area contributed by atoms with Crippen LogP contribution in [0.1, 0.15) is 5.56 Å². The predicted molar refractivity (Wildman–Crippen MR) is 70.8 cm³/mol. The molecule has 0 saturated heterocycles. The second-order valence-electron chi connectivity index (χ2n) is 3.82. The predicted octanol–water partition coefficient (Wildman–Crippen LogP) is 5.20. The van der Waals surface area contributed by atoms with Crippen molar-refractivity contribution in [3.63, 3.8) is 0 Å². The van der Waals surface area contributed by atoms with Crippen LogP contribution < -0.4 is 0 Å². The zero-order chi connectivity index (χ0) is 13.1. The fraction of sp³-hybridized carbons (Fsp3) is 0.0714. The maximum absolute atomic E-state index is 13.1.